The fourth-order valence-corrected chi connectivity index (χ4v) is 2.91. The second-order valence-electron chi connectivity index (χ2n) is 5.14. The Morgan fingerprint density at radius 3 is 2.47 bits per heavy atom. The van der Waals surface area contributed by atoms with Crippen molar-refractivity contribution in [3.05, 3.63) is 23.8 Å². The van der Waals surface area contributed by atoms with Crippen LogP contribution in [-0.2, 0) is 15.5 Å². The van der Waals surface area contributed by atoms with E-state index in [0.717, 1.165) is 11.3 Å². The predicted octanol–water partition coefficient (Wildman–Crippen LogP) is 1.71. The Labute approximate surface area is 102 Å². The van der Waals surface area contributed by atoms with Crippen LogP contribution in [-0.4, -0.2) is 26.1 Å². The van der Waals surface area contributed by atoms with Gasteiger partial charge in [-0.2, -0.15) is 0 Å². The van der Waals surface area contributed by atoms with Crippen LogP contribution in [0.25, 0.3) is 0 Å². The molecule has 5 heteroatoms. The second-order valence-corrected chi connectivity index (χ2v) is 6.52. The minimum absolute atomic E-state index is 0.0464. The number of anilines is 1. The molecule has 1 heterocycles. The maximum atomic E-state index is 11.0. The molecule has 0 aromatic heterocycles. The molecule has 1 unspecified atom stereocenters. The maximum absolute atomic E-state index is 11.0. The van der Waals surface area contributed by atoms with Gasteiger partial charge in [-0.25, -0.2) is 8.42 Å². The molecule has 1 aliphatic rings. The molecule has 0 N–H and O–H groups in total. The number of hydrogen-bond acceptors (Lipinski definition) is 4. The summed E-state index contributed by atoms with van der Waals surface area (Å²) in [6.45, 7) is 6.32. The topological polar surface area (TPSA) is 60.4 Å². The first kappa shape index (κ1) is 12.4. The SMILES string of the molecule is CC1N(C)c2cc(S(=O)(=O)[O-])ccc2C1(C)C. The summed E-state index contributed by atoms with van der Waals surface area (Å²) in [6, 6.07) is 4.89. The van der Waals surface area contributed by atoms with Crippen LogP contribution < -0.4 is 4.90 Å². The molecule has 0 saturated heterocycles. The third-order valence-corrected chi connectivity index (χ3v) is 4.79. The molecule has 0 aliphatic carbocycles. The molecule has 0 amide bonds. The molecule has 1 aliphatic heterocycles. The molecular weight excluding hydrogens is 238 g/mol. The summed E-state index contributed by atoms with van der Waals surface area (Å²) in [5.41, 5.74) is 1.87. The lowest BCUT2D eigenvalue weighted by molar-refractivity contribution is 0.454. The third-order valence-electron chi connectivity index (χ3n) is 3.96. The van der Waals surface area contributed by atoms with Gasteiger partial charge in [-0.1, -0.05) is 19.9 Å². The number of benzene rings is 1. The van der Waals surface area contributed by atoms with Gasteiger partial charge >= 0.3 is 0 Å². The van der Waals surface area contributed by atoms with Crippen LogP contribution in [0.15, 0.2) is 23.1 Å². The molecule has 0 radical (unpaired) electrons. The number of likely N-dealkylation sites (N-methyl/N-ethyl adjacent to an activating group) is 1. The van der Waals surface area contributed by atoms with Crippen molar-refractivity contribution < 1.29 is 13.0 Å². The molecule has 1 aromatic rings. The summed E-state index contributed by atoms with van der Waals surface area (Å²) in [6.07, 6.45) is 0. The highest BCUT2D eigenvalue weighted by molar-refractivity contribution is 7.85. The third kappa shape index (κ3) is 1.73. The zero-order chi connectivity index (χ0) is 13.0. The molecule has 0 spiro atoms. The van der Waals surface area contributed by atoms with Gasteiger partial charge in [0.25, 0.3) is 0 Å². The van der Waals surface area contributed by atoms with E-state index in [0.29, 0.717) is 0 Å². The van der Waals surface area contributed by atoms with Crippen LogP contribution in [0.4, 0.5) is 5.69 Å². The van der Waals surface area contributed by atoms with Gasteiger partial charge in [-0.3, -0.25) is 0 Å². The van der Waals surface area contributed by atoms with Gasteiger partial charge in [-0.05, 0) is 24.6 Å². The van der Waals surface area contributed by atoms with Gasteiger partial charge in [0.2, 0.25) is 0 Å². The molecule has 94 valence electrons. The Balaban J connectivity index is 2.65. The first-order chi connectivity index (χ1) is 7.65. The fourth-order valence-electron chi connectivity index (χ4n) is 2.42. The van der Waals surface area contributed by atoms with Crippen molar-refractivity contribution in [2.75, 3.05) is 11.9 Å². The van der Waals surface area contributed by atoms with Crippen molar-refractivity contribution in [3.63, 3.8) is 0 Å². The van der Waals surface area contributed by atoms with E-state index in [1.807, 2.05) is 11.9 Å². The number of rotatable bonds is 1. The molecule has 0 bridgehead atoms. The van der Waals surface area contributed by atoms with Gasteiger partial charge in [-0.15, -0.1) is 0 Å². The van der Waals surface area contributed by atoms with Gasteiger partial charge in [0.15, 0.2) is 0 Å². The van der Waals surface area contributed by atoms with Crippen molar-refractivity contribution in [1.82, 2.24) is 0 Å². The molecule has 17 heavy (non-hydrogen) atoms. The van der Waals surface area contributed by atoms with Crippen LogP contribution in [0.2, 0.25) is 0 Å². The Kier molecular flexibility index (Phi) is 2.52. The van der Waals surface area contributed by atoms with Crippen LogP contribution in [0.5, 0.6) is 0 Å². The largest absolute Gasteiger partial charge is 0.744 e. The van der Waals surface area contributed by atoms with Gasteiger partial charge in [0, 0.05) is 24.2 Å². The van der Waals surface area contributed by atoms with Gasteiger partial charge < -0.3 is 9.45 Å². The summed E-state index contributed by atoms with van der Waals surface area (Å²) in [7, 11) is -2.46. The summed E-state index contributed by atoms with van der Waals surface area (Å²) >= 11 is 0. The van der Waals surface area contributed by atoms with Gasteiger partial charge in [0.05, 0.1) is 4.90 Å². The van der Waals surface area contributed by atoms with E-state index in [1.54, 1.807) is 6.07 Å². The Morgan fingerprint density at radius 2 is 1.94 bits per heavy atom. The highest BCUT2D eigenvalue weighted by atomic mass is 32.2. The average Bonchev–Trinajstić information content (AvgIpc) is 2.39. The van der Waals surface area contributed by atoms with Crippen molar-refractivity contribution in [3.8, 4) is 0 Å². The Hall–Kier alpha value is -1.07. The van der Waals surface area contributed by atoms with Crippen LogP contribution in [0.3, 0.4) is 0 Å². The quantitative estimate of drug-likeness (QED) is 0.716. The van der Waals surface area contributed by atoms with Crippen molar-refractivity contribution in [1.29, 1.82) is 0 Å². The van der Waals surface area contributed by atoms with Crippen molar-refractivity contribution in [2.45, 2.75) is 37.1 Å². The smallest absolute Gasteiger partial charge is 0.124 e. The van der Waals surface area contributed by atoms with E-state index in [1.165, 1.54) is 12.1 Å². The predicted molar refractivity (Wildman–Crippen MR) is 65.3 cm³/mol. The number of hydrogen-bond donors (Lipinski definition) is 0. The molecule has 1 atom stereocenters. The molecule has 2 rings (SSSR count). The normalized spacial score (nSPS) is 22.6. The molecular formula is C12H16NO3S-. The molecule has 0 saturated carbocycles. The lowest BCUT2D eigenvalue weighted by Crippen LogP contribution is -2.36. The average molecular weight is 254 g/mol. The van der Waals surface area contributed by atoms with Crippen LogP contribution >= 0.6 is 0 Å². The number of nitrogens with zero attached hydrogens (tertiary/aromatic N) is 1. The van der Waals surface area contributed by atoms with E-state index in [2.05, 4.69) is 20.8 Å². The maximum Gasteiger partial charge on any atom is 0.124 e. The van der Waals surface area contributed by atoms with E-state index in [-0.39, 0.29) is 16.4 Å². The lowest BCUT2D eigenvalue weighted by atomic mass is 9.81. The van der Waals surface area contributed by atoms with Crippen molar-refractivity contribution in [2.24, 2.45) is 0 Å². The highest BCUT2D eigenvalue weighted by Crippen LogP contribution is 2.44. The van der Waals surface area contributed by atoms with Gasteiger partial charge in [0.1, 0.15) is 10.1 Å². The first-order valence-electron chi connectivity index (χ1n) is 5.49. The monoisotopic (exact) mass is 254 g/mol. The summed E-state index contributed by atoms with van der Waals surface area (Å²) in [4.78, 5) is 1.86. The zero-order valence-corrected chi connectivity index (χ0v) is 11.2. The molecule has 0 fully saturated rings. The van der Waals surface area contributed by atoms with E-state index in [4.69, 9.17) is 0 Å². The van der Waals surface area contributed by atoms with Crippen molar-refractivity contribution >= 4 is 15.8 Å². The first-order valence-corrected chi connectivity index (χ1v) is 6.90. The Bertz CT molecular complexity index is 563. The Morgan fingerprint density at radius 1 is 1.35 bits per heavy atom. The summed E-state index contributed by atoms with van der Waals surface area (Å²) in [5, 5.41) is 0. The van der Waals surface area contributed by atoms with E-state index >= 15 is 0 Å². The second kappa shape index (κ2) is 3.46. The molecule has 4 nitrogen and oxygen atoms in total. The van der Waals surface area contributed by atoms with Crippen LogP contribution in [0, 0.1) is 0 Å². The highest BCUT2D eigenvalue weighted by Gasteiger charge is 2.40. The summed E-state index contributed by atoms with van der Waals surface area (Å²) < 4.78 is 33.0. The summed E-state index contributed by atoms with van der Waals surface area (Å²) in [5.74, 6) is 0. The van der Waals surface area contributed by atoms with Crippen LogP contribution in [0.1, 0.15) is 26.3 Å². The standard InChI is InChI=1S/C12H17NO3S/c1-8-12(2,3)10-6-5-9(17(14,15)16)7-11(10)13(8)4/h5-8H,1-4H3,(H,14,15,16)/p-1. The molecule has 1 aromatic carbocycles. The minimum atomic E-state index is -4.38. The fraction of sp³-hybridized carbons (Fsp3) is 0.500. The zero-order valence-electron chi connectivity index (χ0n) is 10.4. The number of fused-ring (bicyclic) bond motifs is 1. The van der Waals surface area contributed by atoms with E-state index < -0.39 is 10.1 Å². The minimum Gasteiger partial charge on any atom is -0.744 e. The van der Waals surface area contributed by atoms with E-state index in [9.17, 15) is 13.0 Å². The lowest BCUT2D eigenvalue weighted by Gasteiger charge is -2.28.